The number of unbranched alkanes of at least 4 members (excludes halogenated alkanes) is 1. The summed E-state index contributed by atoms with van der Waals surface area (Å²) < 4.78 is 34.8. The van der Waals surface area contributed by atoms with Crippen molar-refractivity contribution in [1.82, 2.24) is 0 Å². The first kappa shape index (κ1) is 20.5. The van der Waals surface area contributed by atoms with Crippen LogP contribution in [0.2, 0.25) is 0 Å². The molecule has 29 heavy (non-hydrogen) atoms. The predicted molar refractivity (Wildman–Crippen MR) is 105 cm³/mol. The largest absolute Gasteiger partial charge is 0.433 e. The molecule has 1 aliphatic heterocycles. The fourth-order valence-electron chi connectivity index (χ4n) is 3.00. The second kappa shape index (κ2) is 8.44. The average Bonchev–Trinajstić information content (AvgIpc) is 3.03. The Morgan fingerprint density at radius 3 is 2.55 bits per heavy atom. The van der Waals surface area contributed by atoms with Crippen molar-refractivity contribution < 1.29 is 26.7 Å². The van der Waals surface area contributed by atoms with Crippen LogP contribution in [0.25, 0.3) is 11.3 Å². The van der Waals surface area contributed by atoms with Crippen LogP contribution in [0.15, 0.2) is 52.9 Å². The second-order valence-corrected chi connectivity index (χ2v) is 8.09. The van der Waals surface area contributed by atoms with Crippen molar-refractivity contribution >= 4 is 22.0 Å². The lowest BCUT2D eigenvalue weighted by atomic mass is 10.1. The Morgan fingerprint density at radius 1 is 1.17 bits per heavy atom. The number of nitrogens with zero attached hydrogens (tertiary/aromatic N) is 1. The van der Waals surface area contributed by atoms with Gasteiger partial charge in [0.2, 0.25) is 0 Å². The summed E-state index contributed by atoms with van der Waals surface area (Å²) in [6.07, 6.45) is 2.08. The van der Waals surface area contributed by atoms with Crippen molar-refractivity contribution in [2.75, 3.05) is 0 Å². The van der Waals surface area contributed by atoms with E-state index in [9.17, 15) is 23.3 Å². The molecule has 0 atom stereocenters. The van der Waals surface area contributed by atoms with Crippen LogP contribution >= 0.6 is 0 Å². The minimum absolute atomic E-state index is 0.0507. The molecule has 1 aliphatic carbocycles. The number of carbonyl (C=O) groups is 1. The lowest BCUT2D eigenvalue weighted by Crippen LogP contribution is -2.16. The Labute approximate surface area is 167 Å². The van der Waals surface area contributed by atoms with Crippen LogP contribution < -0.4 is 0 Å². The van der Waals surface area contributed by atoms with Gasteiger partial charge in [-0.3, -0.25) is 10.1 Å². The van der Waals surface area contributed by atoms with Gasteiger partial charge in [0.15, 0.2) is 5.76 Å². The first-order valence-electron chi connectivity index (χ1n) is 9.01. The molecule has 0 radical (unpaired) electrons. The summed E-state index contributed by atoms with van der Waals surface area (Å²) in [4.78, 5) is 23.1. The highest BCUT2D eigenvalue weighted by molar-refractivity contribution is 7.86. The van der Waals surface area contributed by atoms with E-state index in [2.05, 4.69) is 0 Å². The molecule has 0 N–H and O–H groups in total. The highest BCUT2D eigenvalue weighted by Crippen LogP contribution is 2.36. The van der Waals surface area contributed by atoms with Crippen molar-refractivity contribution in [3.63, 3.8) is 0 Å². The van der Waals surface area contributed by atoms with Crippen molar-refractivity contribution in [2.24, 2.45) is 0 Å². The van der Waals surface area contributed by atoms with Gasteiger partial charge in [-0.15, -0.1) is 0 Å². The Kier molecular flexibility index (Phi) is 5.97. The number of nitro groups is 1. The minimum Gasteiger partial charge on any atom is -0.400 e. The monoisotopic (exact) mass is 417 g/mol. The van der Waals surface area contributed by atoms with Crippen molar-refractivity contribution in [3.05, 3.63) is 75.3 Å². The lowest BCUT2D eigenvalue weighted by molar-refractivity contribution is -0.402. The third-order valence-electron chi connectivity index (χ3n) is 4.32. The van der Waals surface area contributed by atoms with Gasteiger partial charge < -0.3 is 8.60 Å². The number of aryl methyl sites for hydroxylation is 1. The molecular formula is C20H19NO7S. The van der Waals surface area contributed by atoms with E-state index in [-0.39, 0.29) is 11.3 Å². The summed E-state index contributed by atoms with van der Waals surface area (Å²) in [6.45, 7) is 1.97. The minimum atomic E-state index is -4.22. The Balaban J connectivity index is 1.96. The zero-order chi connectivity index (χ0) is 21.0. The molecule has 0 bridgehead atoms. The van der Waals surface area contributed by atoms with E-state index in [1.807, 2.05) is 6.92 Å². The smallest absolute Gasteiger partial charge is 0.400 e. The topological polar surface area (TPSA) is 117 Å². The van der Waals surface area contributed by atoms with E-state index in [1.165, 1.54) is 12.1 Å². The first-order valence-corrected chi connectivity index (χ1v) is 10.6. The van der Waals surface area contributed by atoms with Gasteiger partial charge in [0, 0.05) is 5.56 Å². The fourth-order valence-corrected chi connectivity index (χ4v) is 3.97. The van der Waals surface area contributed by atoms with Gasteiger partial charge in [0.1, 0.15) is 16.2 Å². The zero-order valence-corrected chi connectivity index (χ0v) is 16.5. The van der Waals surface area contributed by atoms with Crippen LogP contribution in [-0.4, -0.2) is 19.3 Å². The van der Waals surface area contributed by atoms with Crippen LogP contribution in [0.1, 0.15) is 41.3 Å². The third-order valence-corrected chi connectivity index (χ3v) is 5.42. The van der Waals surface area contributed by atoms with Gasteiger partial charge in [0.25, 0.3) is 0 Å². The van der Waals surface area contributed by atoms with E-state index in [4.69, 9.17) is 8.60 Å². The molecule has 8 nitrogen and oxygen atoms in total. The molecule has 0 amide bonds. The Bertz CT molecular complexity index is 1100. The molecule has 3 rings (SSSR count). The quantitative estimate of drug-likeness (QED) is 0.304. The van der Waals surface area contributed by atoms with Crippen LogP contribution in [0.3, 0.4) is 0 Å². The predicted octanol–water partition coefficient (Wildman–Crippen LogP) is 4.32. The van der Waals surface area contributed by atoms with Gasteiger partial charge in [-0.05, 0) is 36.1 Å². The number of rotatable bonds is 8. The van der Waals surface area contributed by atoms with Crippen LogP contribution in [0, 0.1) is 10.1 Å². The second-order valence-electron chi connectivity index (χ2n) is 6.52. The molecular weight excluding hydrogens is 398 g/mol. The number of hydrogen-bond acceptors (Lipinski definition) is 7. The molecule has 0 aromatic heterocycles. The normalized spacial score (nSPS) is 11.5. The summed E-state index contributed by atoms with van der Waals surface area (Å²) >= 11 is 0. The van der Waals surface area contributed by atoms with Crippen molar-refractivity contribution in [2.45, 2.75) is 31.9 Å². The molecule has 1 aromatic rings. The summed E-state index contributed by atoms with van der Waals surface area (Å²) in [6, 6.07) is 12.6. The van der Waals surface area contributed by atoms with E-state index in [1.54, 1.807) is 36.4 Å². The SMILES string of the molecule is CCCCc1cc2ccc([N+](=O)[O-])oc-2c1C(=O)OS(=O)(=O)Cc1ccccc1. The zero-order valence-electron chi connectivity index (χ0n) is 15.7. The number of hydrogen-bond donors (Lipinski definition) is 0. The van der Waals surface area contributed by atoms with Crippen LogP contribution in [0.5, 0.6) is 0 Å². The maximum Gasteiger partial charge on any atom is 0.433 e. The maximum atomic E-state index is 12.8. The Morgan fingerprint density at radius 2 is 1.90 bits per heavy atom. The first-order chi connectivity index (χ1) is 13.8. The molecule has 2 aliphatic rings. The van der Waals surface area contributed by atoms with Crippen LogP contribution in [-0.2, 0) is 26.5 Å². The van der Waals surface area contributed by atoms with Gasteiger partial charge in [-0.2, -0.15) is 8.42 Å². The van der Waals surface area contributed by atoms with Gasteiger partial charge in [-0.1, -0.05) is 43.7 Å². The molecule has 1 aromatic carbocycles. The number of carbonyl (C=O) groups excluding carboxylic acids is 1. The van der Waals surface area contributed by atoms with E-state index >= 15 is 0 Å². The molecule has 152 valence electrons. The molecule has 0 unspecified atom stereocenters. The molecule has 0 fully saturated rings. The standard InChI is InChI=1S/C20H19NO7S/c1-2-3-9-15-12-16-10-11-17(21(23)24)27-19(16)18(15)20(22)28-29(25,26)13-14-7-5-4-6-8-14/h4-8,10-12H,2-3,9,13H2,1H3. The van der Waals surface area contributed by atoms with Gasteiger partial charge in [-0.25, -0.2) is 4.79 Å². The summed E-state index contributed by atoms with van der Waals surface area (Å²) in [7, 11) is -4.22. The third kappa shape index (κ3) is 4.80. The summed E-state index contributed by atoms with van der Waals surface area (Å²) in [5.74, 6) is -2.18. The molecule has 1 heterocycles. The van der Waals surface area contributed by atoms with Crippen molar-refractivity contribution in [1.29, 1.82) is 0 Å². The van der Waals surface area contributed by atoms with E-state index < -0.39 is 32.6 Å². The lowest BCUT2D eigenvalue weighted by Gasteiger charge is -2.08. The molecule has 9 heteroatoms. The molecule has 0 spiro atoms. The molecule has 0 saturated heterocycles. The highest BCUT2D eigenvalue weighted by atomic mass is 32.2. The molecule has 0 saturated carbocycles. The highest BCUT2D eigenvalue weighted by Gasteiger charge is 2.30. The van der Waals surface area contributed by atoms with Gasteiger partial charge in [0.05, 0.1) is 6.07 Å². The van der Waals surface area contributed by atoms with Gasteiger partial charge >= 0.3 is 22.0 Å². The average molecular weight is 417 g/mol. The summed E-state index contributed by atoms with van der Waals surface area (Å²) in [5, 5.41) is 11.0. The maximum absolute atomic E-state index is 12.8. The summed E-state index contributed by atoms with van der Waals surface area (Å²) in [5.41, 5.74) is 1.38. The number of benzene rings is 1. The van der Waals surface area contributed by atoms with E-state index in [0.29, 0.717) is 23.1 Å². The number of fused-ring (bicyclic) bond motifs is 1. The fraction of sp³-hybridized carbons (Fsp3) is 0.250. The van der Waals surface area contributed by atoms with Crippen molar-refractivity contribution in [3.8, 4) is 11.3 Å². The Hall–Kier alpha value is -3.20. The van der Waals surface area contributed by atoms with Crippen LogP contribution in [0.4, 0.5) is 5.88 Å². The van der Waals surface area contributed by atoms with E-state index in [0.717, 1.165) is 12.8 Å².